The van der Waals surface area contributed by atoms with Gasteiger partial charge in [0, 0.05) is 11.6 Å². The largest absolute Gasteiger partial charge is 0.454 e. The van der Waals surface area contributed by atoms with E-state index in [0.717, 1.165) is 12.0 Å². The molecule has 3 fully saturated rings. The molecule has 1 aliphatic heterocycles. The summed E-state index contributed by atoms with van der Waals surface area (Å²) in [6, 6.07) is 7.08. The van der Waals surface area contributed by atoms with Crippen LogP contribution in [-0.4, -0.2) is 40.6 Å². The lowest BCUT2D eigenvalue weighted by Gasteiger charge is -2.33. The van der Waals surface area contributed by atoms with Gasteiger partial charge in [-0.2, -0.15) is 0 Å². The monoisotopic (exact) mass is 435 g/mol. The molecule has 1 aromatic carbocycles. The third kappa shape index (κ3) is 3.40. The number of imide groups is 1. The summed E-state index contributed by atoms with van der Waals surface area (Å²) in [5.41, 5.74) is 1.59. The zero-order valence-electron chi connectivity index (χ0n) is 18.5. The van der Waals surface area contributed by atoms with Crippen LogP contribution in [0.4, 0.5) is 0 Å². The quantitative estimate of drug-likeness (QED) is 0.306. The van der Waals surface area contributed by atoms with Crippen molar-refractivity contribution < 1.29 is 23.9 Å². The molecule has 3 aliphatic carbocycles. The van der Waals surface area contributed by atoms with Gasteiger partial charge >= 0.3 is 5.97 Å². The highest BCUT2D eigenvalue weighted by Gasteiger charge is 2.60. The summed E-state index contributed by atoms with van der Waals surface area (Å²) in [6.45, 7) is 3.55. The maximum Gasteiger partial charge on any atom is 0.309 e. The van der Waals surface area contributed by atoms with E-state index in [1.807, 2.05) is 19.1 Å². The third-order valence-corrected chi connectivity index (χ3v) is 7.90. The van der Waals surface area contributed by atoms with E-state index in [2.05, 4.69) is 12.2 Å². The van der Waals surface area contributed by atoms with E-state index in [9.17, 15) is 19.2 Å². The van der Waals surface area contributed by atoms with Gasteiger partial charge in [0.05, 0.1) is 17.8 Å². The SMILES string of the molecule is Cc1ccc(C(=O)[C@H](C)OC(=O)C2CCC(N3C(=O)[C@@H]4[C@H](C3=O)[C@H]3C=C[C@H]4C3)CC2)cc1. The molecule has 0 aromatic heterocycles. The molecule has 0 spiro atoms. The van der Waals surface area contributed by atoms with Crippen molar-refractivity contribution in [3.05, 3.63) is 47.5 Å². The van der Waals surface area contributed by atoms with Crippen LogP contribution in [0, 0.1) is 36.5 Å². The van der Waals surface area contributed by atoms with Crippen LogP contribution < -0.4 is 0 Å². The number of likely N-dealkylation sites (tertiary alicyclic amines) is 1. The number of carbonyl (C=O) groups excluding carboxylic acids is 4. The highest BCUT2D eigenvalue weighted by atomic mass is 16.5. The number of esters is 1. The lowest BCUT2D eigenvalue weighted by atomic mass is 9.85. The first kappa shape index (κ1) is 21.1. The molecule has 0 radical (unpaired) electrons. The van der Waals surface area contributed by atoms with Crippen molar-refractivity contribution in [2.75, 3.05) is 0 Å². The molecule has 6 nitrogen and oxygen atoms in total. The Morgan fingerprint density at radius 2 is 1.50 bits per heavy atom. The fraction of sp³-hybridized carbons (Fsp3) is 0.538. The van der Waals surface area contributed by atoms with Crippen LogP contribution in [0.3, 0.4) is 0 Å². The number of allylic oxidation sites excluding steroid dienone is 2. The fourth-order valence-corrected chi connectivity index (χ4v) is 6.13. The molecule has 2 amide bonds. The number of fused-ring (bicyclic) bond motifs is 5. The number of benzene rings is 1. The first-order valence-electron chi connectivity index (χ1n) is 11.7. The average molecular weight is 436 g/mol. The van der Waals surface area contributed by atoms with Crippen LogP contribution in [-0.2, 0) is 19.1 Å². The van der Waals surface area contributed by atoms with Gasteiger partial charge in [0.2, 0.25) is 17.6 Å². The molecular formula is C26H29NO5. The average Bonchev–Trinajstić information content (AvgIpc) is 3.47. The van der Waals surface area contributed by atoms with Crippen LogP contribution >= 0.6 is 0 Å². The van der Waals surface area contributed by atoms with Gasteiger partial charge in [-0.3, -0.25) is 24.1 Å². The van der Waals surface area contributed by atoms with Crippen molar-refractivity contribution in [1.82, 2.24) is 4.90 Å². The van der Waals surface area contributed by atoms with Crippen molar-refractivity contribution in [2.45, 2.75) is 58.1 Å². The summed E-state index contributed by atoms with van der Waals surface area (Å²) in [6.07, 6.45) is 6.64. The van der Waals surface area contributed by atoms with E-state index in [-0.39, 0.29) is 59.2 Å². The number of amides is 2. The molecule has 5 rings (SSSR count). The smallest absolute Gasteiger partial charge is 0.309 e. The van der Waals surface area contributed by atoms with Crippen LogP contribution in [0.15, 0.2) is 36.4 Å². The Balaban J connectivity index is 1.16. The van der Waals surface area contributed by atoms with Gasteiger partial charge in [-0.05, 0) is 57.8 Å². The summed E-state index contributed by atoms with van der Waals surface area (Å²) in [4.78, 5) is 52.8. The van der Waals surface area contributed by atoms with Crippen molar-refractivity contribution in [2.24, 2.45) is 29.6 Å². The molecule has 1 saturated heterocycles. The van der Waals surface area contributed by atoms with E-state index in [1.165, 1.54) is 4.90 Å². The van der Waals surface area contributed by atoms with Gasteiger partial charge in [-0.15, -0.1) is 0 Å². The number of rotatable bonds is 5. The summed E-state index contributed by atoms with van der Waals surface area (Å²) >= 11 is 0. The van der Waals surface area contributed by atoms with Gasteiger partial charge in [0.1, 0.15) is 0 Å². The number of ketones is 1. The van der Waals surface area contributed by atoms with Crippen molar-refractivity contribution in [1.29, 1.82) is 0 Å². The van der Waals surface area contributed by atoms with Crippen molar-refractivity contribution >= 4 is 23.6 Å². The predicted octanol–water partition coefficient (Wildman–Crippen LogP) is 3.48. The van der Waals surface area contributed by atoms with Crippen LogP contribution in [0.25, 0.3) is 0 Å². The predicted molar refractivity (Wildman–Crippen MR) is 116 cm³/mol. The van der Waals surface area contributed by atoms with E-state index in [1.54, 1.807) is 19.1 Å². The van der Waals surface area contributed by atoms with E-state index in [0.29, 0.717) is 31.2 Å². The van der Waals surface area contributed by atoms with Gasteiger partial charge in [-0.25, -0.2) is 0 Å². The number of aryl methyl sites for hydroxylation is 1. The van der Waals surface area contributed by atoms with E-state index >= 15 is 0 Å². The number of ether oxygens (including phenoxy) is 1. The summed E-state index contributed by atoms with van der Waals surface area (Å²) in [5.74, 6) is -0.826. The minimum atomic E-state index is -0.841. The normalized spacial score (nSPS) is 34.0. The van der Waals surface area contributed by atoms with E-state index in [4.69, 9.17) is 4.74 Å². The van der Waals surface area contributed by atoms with E-state index < -0.39 is 6.10 Å². The molecule has 1 aromatic rings. The second-order valence-corrected chi connectivity index (χ2v) is 9.86. The lowest BCUT2D eigenvalue weighted by Crippen LogP contribution is -2.44. The molecule has 2 saturated carbocycles. The molecule has 1 heterocycles. The third-order valence-electron chi connectivity index (χ3n) is 7.90. The number of carbonyl (C=O) groups is 4. The first-order valence-corrected chi connectivity index (χ1v) is 11.7. The van der Waals surface area contributed by atoms with Gasteiger partial charge in [0.25, 0.3) is 0 Å². The Morgan fingerprint density at radius 3 is 2.06 bits per heavy atom. The van der Waals surface area contributed by atoms with Gasteiger partial charge in [-0.1, -0.05) is 42.0 Å². The second-order valence-electron chi connectivity index (χ2n) is 9.86. The molecule has 32 heavy (non-hydrogen) atoms. The molecule has 0 N–H and O–H groups in total. The fourth-order valence-electron chi connectivity index (χ4n) is 6.13. The summed E-state index contributed by atoms with van der Waals surface area (Å²) in [7, 11) is 0. The number of hydrogen-bond donors (Lipinski definition) is 0. The maximum atomic E-state index is 13.0. The number of hydrogen-bond acceptors (Lipinski definition) is 5. The zero-order chi connectivity index (χ0) is 22.6. The molecule has 4 aliphatic rings. The van der Waals surface area contributed by atoms with Gasteiger partial charge < -0.3 is 4.74 Å². The lowest BCUT2D eigenvalue weighted by molar-refractivity contribution is -0.153. The Kier molecular flexibility index (Phi) is 5.26. The second kappa shape index (κ2) is 7.98. The molecule has 5 atom stereocenters. The number of nitrogens with zero attached hydrogens (tertiary/aromatic N) is 1. The van der Waals surface area contributed by atoms with Crippen LogP contribution in [0.5, 0.6) is 0 Å². The maximum absolute atomic E-state index is 13.0. The van der Waals surface area contributed by atoms with Crippen molar-refractivity contribution in [3.8, 4) is 0 Å². The minimum absolute atomic E-state index is 0.0137. The Bertz CT molecular complexity index is 958. The zero-order valence-corrected chi connectivity index (χ0v) is 18.5. The Morgan fingerprint density at radius 1 is 0.938 bits per heavy atom. The summed E-state index contributed by atoms with van der Waals surface area (Å²) < 4.78 is 5.49. The topological polar surface area (TPSA) is 80.8 Å². The minimum Gasteiger partial charge on any atom is -0.454 e. The Hall–Kier alpha value is -2.76. The highest BCUT2D eigenvalue weighted by molar-refractivity contribution is 6.06. The number of Topliss-reactive ketones (excluding diaryl/α,β-unsaturated/α-hetero) is 1. The highest BCUT2D eigenvalue weighted by Crippen LogP contribution is 2.53. The molecule has 2 bridgehead atoms. The molecule has 6 heteroatoms. The van der Waals surface area contributed by atoms with Crippen LogP contribution in [0.1, 0.15) is 54.9 Å². The first-order chi connectivity index (χ1) is 15.3. The standard InChI is InChI=1S/C26H29NO5/c1-14-3-5-16(6-4-14)23(28)15(2)32-26(31)17-9-11-20(12-10-17)27-24(29)21-18-7-8-19(13-18)22(21)25(27)30/h3-8,15,17-22H,9-13H2,1-2H3/t15-,17?,18-,19-,20?,21-,22+/m0/s1. The molecule has 168 valence electrons. The molecule has 0 unspecified atom stereocenters. The van der Waals surface area contributed by atoms with Gasteiger partial charge in [0.15, 0.2) is 6.10 Å². The summed E-state index contributed by atoms with van der Waals surface area (Å²) in [5, 5.41) is 0. The van der Waals surface area contributed by atoms with Crippen molar-refractivity contribution in [3.63, 3.8) is 0 Å². The van der Waals surface area contributed by atoms with Crippen LogP contribution in [0.2, 0.25) is 0 Å². The Labute approximate surface area is 188 Å². The molecular weight excluding hydrogens is 406 g/mol.